The van der Waals surface area contributed by atoms with E-state index in [1.165, 1.54) is 6.07 Å². The molecule has 0 saturated carbocycles. The average molecular weight is 383 g/mol. The van der Waals surface area contributed by atoms with Crippen molar-refractivity contribution in [3.05, 3.63) is 53.6 Å². The summed E-state index contributed by atoms with van der Waals surface area (Å²) in [5.74, 6) is 0.0428. The van der Waals surface area contributed by atoms with Crippen molar-refractivity contribution in [2.75, 3.05) is 25.1 Å². The lowest BCUT2D eigenvalue weighted by molar-refractivity contribution is -0.144. The number of hydrogen-bond acceptors (Lipinski definition) is 6. The number of ketones is 1. The maximum atomic E-state index is 12.3. The molecule has 0 aliphatic carbocycles. The normalized spacial score (nSPS) is 12.6. The third kappa shape index (κ3) is 4.68. The van der Waals surface area contributed by atoms with Crippen LogP contribution < -0.4 is 14.8 Å². The van der Waals surface area contributed by atoms with Crippen LogP contribution in [0.3, 0.4) is 0 Å². The monoisotopic (exact) mass is 383 g/mol. The van der Waals surface area contributed by atoms with E-state index >= 15 is 0 Å². The molecule has 0 bridgehead atoms. The standard InChI is InChI=1S/C21H21NO6/c1-13(2)15-5-3-4-6-18(15)27-12-21(25)28-10-17(23)14-7-8-19-16(9-14)22-20(24)11-26-19/h3-9,13H,10-12H2,1-2H3,(H,22,24). The van der Waals surface area contributed by atoms with Gasteiger partial charge in [0.1, 0.15) is 11.5 Å². The first kappa shape index (κ1) is 19.4. The van der Waals surface area contributed by atoms with E-state index in [0.717, 1.165) is 5.56 Å². The van der Waals surface area contributed by atoms with E-state index in [-0.39, 0.29) is 25.0 Å². The molecule has 0 atom stereocenters. The summed E-state index contributed by atoms with van der Waals surface area (Å²) in [6.07, 6.45) is 0. The summed E-state index contributed by atoms with van der Waals surface area (Å²) in [6, 6.07) is 12.1. The first-order valence-corrected chi connectivity index (χ1v) is 8.91. The molecule has 0 radical (unpaired) electrons. The van der Waals surface area contributed by atoms with Crippen LogP contribution in [0.2, 0.25) is 0 Å². The van der Waals surface area contributed by atoms with Gasteiger partial charge in [0.2, 0.25) is 0 Å². The molecule has 7 heteroatoms. The lowest BCUT2D eigenvalue weighted by Crippen LogP contribution is -2.25. The van der Waals surface area contributed by atoms with Crippen molar-refractivity contribution in [2.24, 2.45) is 0 Å². The van der Waals surface area contributed by atoms with Gasteiger partial charge in [-0.25, -0.2) is 4.79 Å². The molecule has 0 spiro atoms. The smallest absolute Gasteiger partial charge is 0.344 e. The maximum Gasteiger partial charge on any atom is 0.344 e. The number of carbonyl (C=O) groups is 3. The number of anilines is 1. The van der Waals surface area contributed by atoms with Crippen LogP contribution in [0.4, 0.5) is 5.69 Å². The molecule has 1 amide bonds. The number of amides is 1. The van der Waals surface area contributed by atoms with Crippen LogP contribution in [-0.2, 0) is 14.3 Å². The minimum Gasteiger partial charge on any atom is -0.482 e. The van der Waals surface area contributed by atoms with Gasteiger partial charge in [-0.05, 0) is 35.7 Å². The van der Waals surface area contributed by atoms with Gasteiger partial charge >= 0.3 is 5.97 Å². The number of esters is 1. The highest BCUT2D eigenvalue weighted by Gasteiger charge is 2.19. The molecule has 0 aromatic heterocycles. The van der Waals surface area contributed by atoms with Crippen molar-refractivity contribution >= 4 is 23.3 Å². The van der Waals surface area contributed by atoms with Crippen LogP contribution in [0, 0.1) is 0 Å². The Morgan fingerprint density at radius 3 is 2.71 bits per heavy atom. The topological polar surface area (TPSA) is 90.9 Å². The second-order valence-corrected chi connectivity index (χ2v) is 6.61. The van der Waals surface area contributed by atoms with Crippen LogP contribution in [-0.4, -0.2) is 37.5 Å². The lowest BCUT2D eigenvalue weighted by atomic mass is 10.0. The minimum atomic E-state index is -0.637. The number of Topliss-reactive ketones (excluding diaryl/α,β-unsaturated/α-hetero) is 1. The van der Waals surface area contributed by atoms with Crippen molar-refractivity contribution in [1.29, 1.82) is 0 Å². The maximum absolute atomic E-state index is 12.3. The molecule has 28 heavy (non-hydrogen) atoms. The Morgan fingerprint density at radius 1 is 1.14 bits per heavy atom. The quantitative estimate of drug-likeness (QED) is 0.584. The summed E-state index contributed by atoms with van der Waals surface area (Å²) in [5, 5.41) is 2.63. The Morgan fingerprint density at radius 2 is 1.93 bits per heavy atom. The molecule has 1 aliphatic rings. The van der Waals surface area contributed by atoms with Gasteiger partial charge < -0.3 is 19.5 Å². The predicted octanol–water partition coefficient (Wildman–Crippen LogP) is 2.95. The highest BCUT2D eigenvalue weighted by atomic mass is 16.6. The molecule has 0 fully saturated rings. The van der Waals surface area contributed by atoms with E-state index in [2.05, 4.69) is 5.32 Å². The lowest BCUT2D eigenvalue weighted by Gasteiger charge is -2.18. The van der Waals surface area contributed by atoms with Crippen molar-refractivity contribution < 1.29 is 28.6 Å². The molecule has 3 rings (SSSR count). The zero-order valence-electron chi connectivity index (χ0n) is 15.7. The van der Waals surface area contributed by atoms with Gasteiger partial charge in [-0.15, -0.1) is 0 Å². The number of ether oxygens (including phenoxy) is 3. The van der Waals surface area contributed by atoms with Gasteiger partial charge in [0.15, 0.2) is 25.6 Å². The second-order valence-electron chi connectivity index (χ2n) is 6.61. The Labute approximate surface area is 162 Å². The molecule has 1 heterocycles. The van der Waals surface area contributed by atoms with E-state index in [1.54, 1.807) is 18.2 Å². The van der Waals surface area contributed by atoms with Gasteiger partial charge in [-0.3, -0.25) is 9.59 Å². The van der Waals surface area contributed by atoms with Gasteiger partial charge in [0.25, 0.3) is 5.91 Å². The fraction of sp³-hybridized carbons (Fsp3) is 0.286. The summed E-state index contributed by atoms with van der Waals surface area (Å²) >= 11 is 0. The zero-order chi connectivity index (χ0) is 20.1. The van der Waals surface area contributed by atoms with E-state index < -0.39 is 18.4 Å². The predicted molar refractivity (Wildman–Crippen MR) is 102 cm³/mol. The summed E-state index contributed by atoms with van der Waals surface area (Å²) in [4.78, 5) is 35.6. The Hall–Kier alpha value is -3.35. The number of fused-ring (bicyclic) bond motifs is 1. The largest absolute Gasteiger partial charge is 0.482 e. The van der Waals surface area contributed by atoms with Crippen molar-refractivity contribution in [3.8, 4) is 11.5 Å². The van der Waals surface area contributed by atoms with Crippen molar-refractivity contribution in [3.63, 3.8) is 0 Å². The summed E-state index contributed by atoms with van der Waals surface area (Å²) in [5.41, 5.74) is 1.72. The first-order valence-electron chi connectivity index (χ1n) is 8.91. The highest BCUT2D eigenvalue weighted by Crippen LogP contribution is 2.28. The molecule has 1 aliphatic heterocycles. The number of carbonyl (C=O) groups excluding carboxylic acids is 3. The number of benzene rings is 2. The molecule has 0 unspecified atom stereocenters. The average Bonchev–Trinajstić information content (AvgIpc) is 2.69. The second kappa shape index (κ2) is 8.56. The van der Waals surface area contributed by atoms with Gasteiger partial charge in [0, 0.05) is 5.56 Å². The zero-order valence-corrected chi connectivity index (χ0v) is 15.7. The van der Waals surface area contributed by atoms with E-state index in [1.807, 2.05) is 32.0 Å². The van der Waals surface area contributed by atoms with E-state index in [0.29, 0.717) is 22.7 Å². The molecule has 1 N–H and O–H groups in total. The van der Waals surface area contributed by atoms with Gasteiger partial charge in [0.05, 0.1) is 5.69 Å². The molecule has 2 aromatic carbocycles. The molecule has 7 nitrogen and oxygen atoms in total. The fourth-order valence-corrected chi connectivity index (χ4v) is 2.75. The number of nitrogens with one attached hydrogen (secondary N) is 1. The molecular formula is C21H21NO6. The van der Waals surface area contributed by atoms with Crippen LogP contribution in [0.15, 0.2) is 42.5 Å². The van der Waals surface area contributed by atoms with E-state index in [9.17, 15) is 14.4 Å². The van der Waals surface area contributed by atoms with Gasteiger partial charge in [-0.2, -0.15) is 0 Å². The molecule has 2 aromatic rings. The first-order chi connectivity index (χ1) is 13.4. The Kier molecular flexibility index (Phi) is 5.93. The number of para-hydroxylation sites is 1. The molecule has 0 saturated heterocycles. The van der Waals surface area contributed by atoms with Crippen LogP contribution in [0.5, 0.6) is 11.5 Å². The third-order valence-electron chi connectivity index (χ3n) is 4.19. The Bertz CT molecular complexity index is 906. The highest BCUT2D eigenvalue weighted by molar-refractivity contribution is 6.01. The van der Waals surface area contributed by atoms with Gasteiger partial charge in [-0.1, -0.05) is 32.0 Å². The molecular weight excluding hydrogens is 362 g/mol. The summed E-state index contributed by atoms with van der Waals surface area (Å²) in [7, 11) is 0. The van der Waals surface area contributed by atoms with Crippen LogP contribution >= 0.6 is 0 Å². The summed E-state index contributed by atoms with van der Waals surface area (Å²) in [6.45, 7) is 3.31. The van der Waals surface area contributed by atoms with Crippen LogP contribution in [0.25, 0.3) is 0 Å². The SMILES string of the molecule is CC(C)c1ccccc1OCC(=O)OCC(=O)c1ccc2c(c1)NC(=O)CO2. The van der Waals surface area contributed by atoms with E-state index in [4.69, 9.17) is 14.2 Å². The van der Waals surface area contributed by atoms with Crippen molar-refractivity contribution in [1.82, 2.24) is 0 Å². The third-order valence-corrected chi connectivity index (χ3v) is 4.19. The minimum absolute atomic E-state index is 0.0577. The fourth-order valence-electron chi connectivity index (χ4n) is 2.75. The number of rotatable bonds is 7. The van der Waals surface area contributed by atoms with Crippen LogP contribution in [0.1, 0.15) is 35.7 Å². The Balaban J connectivity index is 1.53. The number of hydrogen-bond donors (Lipinski definition) is 1. The molecule has 146 valence electrons. The van der Waals surface area contributed by atoms with Crippen molar-refractivity contribution in [2.45, 2.75) is 19.8 Å². The summed E-state index contributed by atoms with van der Waals surface area (Å²) < 4.78 is 15.8.